The van der Waals surface area contributed by atoms with E-state index in [0.29, 0.717) is 0 Å². The van der Waals surface area contributed by atoms with E-state index in [1.54, 1.807) is 6.08 Å². The Morgan fingerprint density at radius 2 is 1.84 bits per heavy atom. The van der Waals surface area contributed by atoms with Crippen molar-refractivity contribution in [3.05, 3.63) is 41.5 Å². The molecule has 19 heavy (non-hydrogen) atoms. The summed E-state index contributed by atoms with van der Waals surface area (Å²) in [7, 11) is 0. The molecule has 0 aliphatic carbocycles. The first kappa shape index (κ1) is 15.5. The Balaban J connectivity index is 2.55. The molecule has 0 saturated heterocycles. The zero-order chi connectivity index (χ0) is 14.3. The van der Waals surface area contributed by atoms with Gasteiger partial charge < -0.3 is 5.32 Å². The Hall–Kier alpha value is -1.57. The second-order valence-corrected chi connectivity index (χ2v) is 5.85. The highest BCUT2D eigenvalue weighted by atomic mass is 16.1. The molecule has 0 bridgehead atoms. The summed E-state index contributed by atoms with van der Waals surface area (Å²) in [6.45, 7) is 9.44. The molecule has 0 radical (unpaired) electrons. The lowest BCUT2D eigenvalue weighted by molar-refractivity contribution is -0.116. The number of hydrogen-bond acceptors (Lipinski definition) is 1. The summed E-state index contributed by atoms with van der Waals surface area (Å²) in [5.74, 6) is -0.0200. The summed E-state index contributed by atoms with van der Waals surface area (Å²) in [4.78, 5) is 11.5. The van der Waals surface area contributed by atoms with Crippen molar-refractivity contribution < 1.29 is 4.79 Å². The highest BCUT2D eigenvalue weighted by Crippen LogP contribution is 2.22. The van der Waals surface area contributed by atoms with Crippen LogP contribution in [-0.4, -0.2) is 12.5 Å². The van der Waals surface area contributed by atoms with E-state index in [1.165, 1.54) is 5.56 Å². The first-order chi connectivity index (χ1) is 8.93. The fourth-order valence-electron chi connectivity index (χ4n) is 1.71. The molecule has 1 rings (SSSR count). The van der Waals surface area contributed by atoms with Crippen LogP contribution >= 0.6 is 0 Å². The molecular weight excluding hydrogens is 234 g/mol. The Labute approximate surface area is 116 Å². The van der Waals surface area contributed by atoms with E-state index in [1.807, 2.05) is 6.08 Å². The molecule has 0 atom stereocenters. The van der Waals surface area contributed by atoms with E-state index < -0.39 is 0 Å². The largest absolute Gasteiger partial charge is 0.353 e. The Bertz CT molecular complexity index is 424. The molecule has 1 aromatic carbocycles. The molecule has 1 amide bonds. The van der Waals surface area contributed by atoms with Crippen LogP contribution in [-0.2, 0) is 10.2 Å². The number of amides is 1. The Morgan fingerprint density at radius 3 is 2.37 bits per heavy atom. The minimum absolute atomic E-state index is 0.0200. The van der Waals surface area contributed by atoms with Gasteiger partial charge in [0.05, 0.1) is 0 Å². The van der Waals surface area contributed by atoms with Crippen LogP contribution in [0.5, 0.6) is 0 Å². The molecule has 1 N–H and O–H groups in total. The fourth-order valence-corrected chi connectivity index (χ4v) is 1.71. The highest BCUT2D eigenvalue weighted by Gasteiger charge is 2.12. The van der Waals surface area contributed by atoms with E-state index in [0.717, 1.165) is 24.9 Å². The van der Waals surface area contributed by atoms with Crippen molar-refractivity contribution in [3.8, 4) is 0 Å². The minimum atomic E-state index is -0.0200. The molecule has 0 spiro atoms. The van der Waals surface area contributed by atoms with Crippen molar-refractivity contribution in [2.45, 2.75) is 46.0 Å². The zero-order valence-corrected chi connectivity index (χ0v) is 12.5. The summed E-state index contributed by atoms with van der Waals surface area (Å²) >= 11 is 0. The minimum Gasteiger partial charge on any atom is -0.353 e. The maximum absolute atomic E-state index is 11.5. The second kappa shape index (κ2) is 7.13. The maximum Gasteiger partial charge on any atom is 0.243 e. The summed E-state index contributed by atoms with van der Waals surface area (Å²) in [5, 5.41) is 2.86. The quantitative estimate of drug-likeness (QED) is 0.630. The zero-order valence-electron chi connectivity index (χ0n) is 12.5. The molecule has 104 valence electrons. The van der Waals surface area contributed by atoms with E-state index in [2.05, 4.69) is 57.3 Å². The van der Waals surface area contributed by atoms with Crippen molar-refractivity contribution in [2.75, 3.05) is 6.54 Å². The van der Waals surface area contributed by atoms with Crippen LogP contribution in [0.4, 0.5) is 0 Å². The van der Waals surface area contributed by atoms with Gasteiger partial charge in [-0.2, -0.15) is 0 Å². The number of rotatable bonds is 5. The Kier molecular flexibility index (Phi) is 5.81. The van der Waals surface area contributed by atoms with Crippen LogP contribution in [0.3, 0.4) is 0 Å². The molecule has 0 aliphatic rings. The van der Waals surface area contributed by atoms with Crippen molar-refractivity contribution in [2.24, 2.45) is 0 Å². The summed E-state index contributed by atoms with van der Waals surface area (Å²) in [5.41, 5.74) is 2.52. The standard InChI is InChI=1S/C17H25NO/c1-5-6-13-18-16(19)12-9-14-7-10-15(11-8-14)17(2,3)4/h7-12H,5-6,13H2,1-4H3,(H,18,19). The third-order valence-electron chi connectivity index (χ3n) is 3.03. The lowest BCUT2D eigenvalue weighted by Crippen LogP contribution is -2.21. The lowest BCUT2D eigenvalue weighted by Gasteiger charge is -2.18. The van der Waals surface area contributed by atoms with Crippen LogP contribution in [0.1, 0.15) is 51.7 Å². The van der Waals surface area contributed by atoms with Crippen molar-refractivity contribution >= 4 is 12.0 Å². The average Bonchev–Trinajstić information content (AvgIpc) is 2.36. The Morgan fingerprint density at radius 1 is 1.21 bits per heavy atom. The van der Waals surface area contributed by atoms with Gasteiger partial charge >= 0.3 is 0 Å². The summed E-state index contributed by atoms with van der Waals surface area (Å²) in [6, 6.07) is 8.34. The predicted molar refractivity (Wildman–Crippen MR) is 82.1 cm³/mol. The molecule has 0 unspecified atom stereocenters. The van der Waals surface area contributed by atoms with Crippen LogP contribution in [0.2, 0.25) is 0 Å². The number of benzene rings is 1. The second-order valence-electron chi connectivity index (χ2n) is 5.85. The van der Waals surface area contributed by atoms with E-state index in [9.17, 15) is 4.79 Å². The summed E-state index contributed by atoms with van der Waals surface area (Å²) < 4.78 is 0. The molecule has 0 aliphatic heterocycles. The van der Waals surface area contributed by atoms with E-state index in [4.69, 9.17) is 0 Å². The molecule has 2 heteroatoms. The fraction of sp³-hybridized carbons (Fsp3) is 0.471. The smallest absolute Gasteiger partial charge is 0.243 e. The van der Waals surface area contributed by atoms with E-state index in [-0.39, 0.29) is 11.3 Å². The summed E-state index contributed by atoms with van der Waals surface area (Å²) in [6.07, 6.45) is 5.58. The molecule has 0 saturated carbocycles. The number of carbonyl (C=O) groups is 1. The number of carbonyl (C=O) groups excluding carboxylic acids is 1. The highest BCUT2D eigenvalue weighted by molar-refractivity contribution is 5.91. The number of hydrogen-bond donors (Lipinski definition) is 1. The van der Waals surface area contributed by atoms with Crippen molar-refractivity contribution in [1.82, 2.24) is 5.32 Å². The van der Waals surface area contributed by atoms with Crippen LogP contribution in [0.25, 0.3) is 6.08 Å². The third kappa shape index (κ3) is 5.73. The lowest BCUT2D eigenvalue weighted by atomic mass is 9.87. The van der Waals surface area contributed by atoms with Crippen LogP contribution in [0, 0.1) is 0 Å². The number of nitrogens with one attached hydrogen (secondary N) is 1. The van der Waals surface area contributed by atoms with Gasteiger partial charge in [0.2, 0.25) is 5.91 Å². The molecule has 2 nitrogen and oxygen atoms in total. The maximum atomic E-state index is 11.5. The normalized spacial score (nSPS) is 11.8. The molecule has 1 aromatic rings. The van der Waals surface area contributed by atoms with Gasteiger partial charge in [0.1, 0.15) is 0 Å². The molecular formula is C17H25NO. The van der Waals surface area contributed by atoms with Crippen LogP contribution < -0.4 is 5.32 Å². The first-order valence-corrected chi connectivity index (χ1v) is 7.00. The van der Waals surface area contributed by atoms with Gasteiger partial charge in [-0.3, -0.25) is 4.79 Å². The van der Waals surface area contributed by atoms with Crippen molar-refractivity contribution in [1.29, 1.82) is 0 Å². The van der Waals surface area contributed by atoms with Gasteiger partial charge in [-0.25, -0.2) is 0 Å². The molecule has 0 aromatic heterocycles. The van der Waals surface area contributed by atoms with E-state index >= 15 is 0 Å². The SMILES string of the molecule is CCCCNC(=O)C=Cc1ccc(C(C)(C)C)cc1. The van der Waals surface area contributed by atoms with Gasteiger partial charge in [-0.05, 0) is 29.0 Å². The number of unbranched alkanes of at least 4 members (excludes halogenated alkanes) is 1. The van der Waals surface area contributed by atoms with Gasteiger partial charge in [-0.1, -0.05) is 58.4 Å². The molecule has 0 heterocycles. The first-order valence-electron chi connectivity index (χ1n) is 7.00. The van der Waals surface area contributed by atoms with Gasteiger partial charge in [0.15, 0.2) is 0 Å². The van der Waals surface area contributed by atoms with Gasteiger partial charge in [0.25, 0.3) is 0 Å². The third-order valence-corrected chi connectivity index (χ3v) is 3.03. The van der Waals surface area contributed by atoms with Crippen molar-refractivity contribution in [3.63, 3.8) is 0 Å². The van der Waals surface area contributed by atoms with Crippen LogP contribution in [0.15, 0.2) is 30.3 Å². The monoisotopic (exact) mass is 259 g/mol. The average molecular weight is 259 g/mol. The van der Waals surface area contributed by atoms with Gasteiger partial charge in [0, 0.05) is 12.6 Å². The van der Waals surface area contributed by atoms with Gasteiger partial charge in [-0.15, -0.1) is 0 Å². The predicted octanol–water partition coefficient (Wildman–Crippen LogP) is 3.91. The molecule has 0 fully saturated rings. The topological polar surface area (TPSA) is 29.1 Å².